The molecule has 0 radical (unpaired) electrons. The van der Waals surface area contributed by atoms with E-state index in [0.717, 1.165) is 28.5 Å². The van der Waals surface area contributed by atoms with E-state index in [0.29, 0.717) is 18.5 Å². The monoisotopic (exact) mass is 376 g/mol. The Labute approximate surface area is 165 Å². The first kappa shape index (κ1) is 17.5. The quantitative estimate of drug-likeness (QED) is 0.786. The van der Waals surface area contributed by atoms with Gasteiger partial charge in [-0.2, -0.15) is 0 Å². The molecule has 144 valence electrons. The molecule has 2 N–H and O–H groups in total. The van der Waals surface area contributed by atoms with Gasteiger partial charge in [-0.3, -0.25) is 4.98 Å². The van der Waals surface area contributed by atoms with Crippen LogP contribution < -0.4 is 5.32 Å². The number of fused-ring (bicyclic) bond motifs is 2. The number of aliphatic hydroxyl groups excluding tert-OH is 1. The van der Waals surface area contributed by atoms with Crippen LogP contribution in [0.4, 0.5) is 5.82 Å². The minimum Gasteiger partial charge on any atom is -0.395 e. The third-order valence-electron chi connectivity index (χ3n) is 6.17. The molecule has 1 aliphatic carbocycles. The van der Waals surface area contributed by atoms with Crippen molar-refractivity contribution in [3.63, 3.8) is 0 Å². The van der Waals surface area contributed by atoms with Gasteiger partial charge in [0, 0.05) is 37.2 Å². The molecule has 3 fully saturated rings. The van der Waals surface area contributed by atoms with Crippen LogP contribution in [-0.2, 0) is 0 Å². The lowest BCUT2D eigenvalue weighted by molar-refractivity contribution is -0.626. The molecule has 0 aromatic carbocycles. The fourth-order valence-corrected chi connectivity index (χ4v) is 4.93. The van der Waals surface area contributed by atoms with Gasteiger partial charge in [0.1, 0.15) is 5.82 Å². The summed E-state index contributed by atoms with van der Waals surface area (Å²) < 4.78 is 2.56. The number of rotatable bonds is 5. The molecular formula is C22H26N5O+. The van der Waals surface area contributed by atoms with E-state index in [1.807, 2.05) is 19.2 Å². The maximum Gasteiger partial charge on any atom is 0.249 e. The molecule has 3 aliphatic heterocycles. The fraction of sp³-hybridized carbons (Fsp3) is 0.455. The number of aliphatic imine (C=N–C) groups is 1. The highest BCUT2D eigenvalue weighted by Gasteiger charge is 2.52. The number of piperidine rings is 2. The number of anilines is 1. The Morgan fingerprint density at radius 1 is 1.18 bits per heavy atom. The van der Waals surface area contributed by atoms with Crippen molar-refractivity contribution in [1.82, 2.24) is 9.97 Å². The van der Waals surface area contributed by atoms with E-state index in [1.54, 1.807) is 0 Å². The predicted octanol–water partition coefficient (Wildman–Crippen LogP) is 2.39. The normalized spacial score (nSPS) is 25.6. The minimum atomic E-state index is 0.0837. The van der Waals surface area contributed by atoms with E-state index in [2.05, 4.69) is 39.1 Å². The second-order valence-electron chi connectivity index (χ2n) is 7.96. The second kappa shape index (κ2) is 7.09. The van der Waals surface area contributed by atoms with Crippen LogP contribution in [0.15, 0.2) is 41.5 Å². The second-order valence-corrected chi connectivity index (χ2v) is 7.96. The van der Waals surface area contributed by atoms with Crippen molar-refractivity contribution in [2.75, 3.05) is 18.5 Å². The number of aliphatic hydroxyl groups is 1. The maximum atomic E-state index is 9.12. The first-order chi connectivity index (χ1) is 13.7. The van der Waals surface area contributed by atoms with Gasteiger partial charge in [-0.1, -0.05) is 6.07 Å². The summed E-state index contributed by atoms with van der Waals surface area (Å²) in [7, 11) is 0. The fourth-order valence-electron chi connectivity index (χ4n) is 4.93. The van der Waals surface area contributed by atoms with Crippen LogP contribution in [0.5, 0.6) is 0 Å². The molecule has 2 bridgehead atoms. The first-order valence-corrected chi connectivity index (χ1v) is 10.2. The number of nitrogens with zero attached hydrogens (tertiary/aromatic N) is 4. The van der Waals surface area contributed by atoms with Gasteiger partial charge in [-0.05, 0) is 44.0 Å². The Bertz CT molecular complexity index is 959. The van der Waals surface area contributed by atoms with Crippen molar-refractivity contribution in [1.29, 1.82) is 0 Å². The van der Waals surface area contributed by atoms with Gasteiger partial charge in [-0.25, -0.2) is 14.6 Å². The van der Waals surface area contributed by atoms with Crippen LogP contribution in [-0.4, -0.2) is 56.4 Å². The van der Waals surface area contributed by atoms with Crippen LogP contribution in [0.2, 0.25) is 0 Å². The number of pyridine rings is 2. The van der Waals surface area contributed by atoms with E-state index in [9.17, 15) is 0 Å². The van der Waals surface area contributed by atoms with Gasteiger partial charge in [0.25, 0.3) is 0 Å². The van der Waals surface area contributed by atoms with Crippen molar-refractivity contribution < 1.29 is 9.68 Å². The van der Waals surface area contributed by atoms with E-state index >= 15 is 0 Å². The molecule has 0 spiro atoms. The summed E-state index contributed by atoms with van der Waals surface area (Å²) in [4.78, 5) is 14.4. The van der Waals surface area contributed by atoms with Crippen LogP contribution in [0, 0.1) is 12.8 Å². The van der Waals surface area contributed by atoms with E-state index in [4.69, 9.17) is 15.1 Å². The SMILES string of the molecule is Cc1cccc(C2=NC3C4CCC(CC4)[N+]3=C2c2ccnc(NCCO)c2)n1. The number of hydrogen-bond donors (Lipinski definition) is 2. The standard InChI is InChI=1S/C22H26N5O/c1-14-3-2-4-18(25-14)20-21(16-9-10-23-19(13-16)24-11-12-28)27-17-7-5-15(6-8-17)22(27)26-20/h2-4,9-10,13,15,17,22,28H,5-8,11-12H2,1H3,(H,23,24)/q+1. The maximum absolute atomic E-state index is 9.12. The summed E-state index contributed by atoms with van der Waals surface area (Å²) in [5.41, 5.74) is 5.27. The smallest absolute Gasteiger partial charge is 0.249 e. The number of nitrogens with one attached hydrogen (secondary N) is 1. The van der Waals surface area contributed by atoms with Gasteiger partial charge < -0.3 is 10.4 Å². The van der Waals surface area contributed by atoms with Crippen LogP contribution in [0.3, 0.4) is 0 Å². The zero-order chi connectivity index (χ0) is 19.1. The largest absolute Gasteiger partial charge is 0.395 e. The molecule has 28 heavy (non-hydrogen) atoms. The van der Waals surface area contributed by atoms with Crippen molar-refractivity contribution >= 4 is 17.2 Å². The summed E-state index contributed by atoms with van der Waals surface area (Å²) in [5.74, 6) is 1.41. The molecular weight excluding hydrogens is 350 g/mol. The summed E-state index contributed by atoms with van der Waals surface area (Å²) in [6.07, 6.45) is 7.11. The third kappa shape index (κ3) is 2.92. The highest BCUT2D eigenvalue weighted by molar-refractivity contribution is 6.52. The molecule has 4 aliphatic rings. The third-order valence-corrected chi connectivity index (χ3v) is 6.17. The topological polar surface area (TPSA) is 73.4 Å². The zero-order valence-electron chi connectivity index (χ0n) is 16.2. The molecule has 1 saturated carbocycles. The molecule has 2 aromatic rings. The van der Waals surface area contributed by atoms with Gasteiger partial charge in [0.15, 0.2) is 11.8 Å². The molecule has 2 aromatic heterocycles. The summed E-state index contributed by atoms with van der Waals surface area (Å²) >= 11 is 0. The summed E-state index contributed by atoms with van der Waals surface area (Å²) in [5, 5.41) is 12.3. The number of aromatic nitrogens is 2. The van der Waals surface area contributed by atoms with E-state index < -0.39 is 0 Å². The Balaban J connectivity index is 1.64. The molecule has 6 rings (SSSR count). The average Bonchev–Trinajstić information content (AvgIpc) is 3.16. The van der Waals surface area contributed by atoms with Crippen molar-refractivity contribution in [2.24, 2.45) is 10.9 Å². The summed E-state index contributed by atoms with van der Waals surface area (Å²) in [6, 6.07) is 10.8. The van der Waals surface area contributed by atoms with Crippen LogP contribution >= 0.6 is 0 Å². The Morgan fingerprint density at radius 2 is 2.04 bits per heavy atom. The lowest BCUT2D eigenvalue weighted by Crippen LogP contribution is -2.49. The van der Waals surface area contributed by atoms with E-state index in [-0.39, 0.29) is 12.8 Å². The highest BCUT2D eigenvalue weighted by Crippen LogP contribution is 2.40. The Morgan fingerprint density at radius 3 is 2.82 bits per heavy atom. The molecule has 6 heteroatoms. The summed E-state index contributed by atoms with van der Waals surface area (Å²) in [6.45, 7) is 2.60. The number of aryl methyl sites for hydroxylation is 1. The molecule has 1 unspecified atom stereocenters. The molecule has 1 atom stereocenters. The highest BCUT2D eigenvalue weighted by atomic mass is 16.3. The minimum absolute atomic E-state index is 0.0837. The molecule has 6 nitrogen and oxygen atoms in total. The Hall–Kier alpha value is -2.60. The van der Waals surface area contributed by atoms with Crippen molar-refractivity contribution in [2.45, 2.75) is 44.8 Å². The predicted molar refractivity (Wildman–Crippen MR) is 109 cm³/mol. The van der Waals surface area contributed by atoms with Gasteiger partial charge in [-0.15, -0.1) is 0 Å². The number of hydrogen-bond acceptors (Lipinski definition) is 5. The Kier molecular flexibility index (Phi) is 4.43. The van der Waals surface area contributed by atoms with Crippen LogP contribution in [0.25, 0.3) is 0 Å². The zero-order valence-corrected chi connectivity index (χ0v) is 16.2. The molecule has 0 amide bonds. The van der Waals surface area contributed by atoms with Gasteiger partial charge in [0.05, 0.1) is 17.9 Å². The van der Waals surface area contributed by atoms with Crippen molar-refractivity contribution in [3.05, 3.63) is 53.5 Å². The van der Waals surface area contributed by atoms with Crippen molar-refractivity contribution in [3.8, 4) is 0 Å². The molecule has 2 saturated heterocycles. The lowest BCUT2D eigenvalue weighted by Gasteiger charge is -2.36. The lowest BCUT2D eigenvalue weighted by atomic mass is 9.78. The molecule has 5 heterocycles. The van der Waals surface area contributed by atoms with E-state index in [1.165, 1.54) is 31.4 Å². The van der Waals surface area contributed by atoms with Crippen LogP contribution in [0.1, 0.15) is 42.6 Å². The first-order valence-electron chi connectivity index (χ1n) is 10.2. The average molecular weight is 376 g/mol. The van der Waals surface area contributed by atoms with Gasteiger partial charge >= 0.3 is 0 Å². The van der Waals surface area contributed by atoms with Gasteiger partial charge in [0.2, 0.25) is 11.9 Å².